The van der Waals surface area contributed by atoms with Gasteiger partial charge in [-0.05, 0) is 61.8 Å². The van der Waals surface area contributed by atoms with Crippen molar-refractivity contribution in [1.82, 2.24) is 0 Å². The van der Waals surface area contributed by atoms with Crippen LogP contribution in [0.15, 0.2) is 48.5 Å². The van der Waals surface area contributed by atoms with Crippen molar-refractivity contribution in [2.24, 2.45) is 23.7 Å². The van der Waals surface area contributed by atoms with Gasteiger partial charge < -0.3 is 20.1 Å². The zero-order valence-corrected chi connectivity index (χ0v) is 20.8. The van der Waals surface area contributed by atoms with Crippen LogP contribution in [0.4, 0.5) is 11.4 Å². The van der Waals surface area contributed by atoms with Crippen molar-refractivity contribution in [2.75, 3.05) is 23.8 Å². The van der Waals surface area contributed by atoms with Crippen LogP contribution in [0, 0.1) is 23.7 Å². The van der Waals surface area contributed by atoms with Crippen LogP contribution in [0.1, 0.15) is 53.4 Å². The number of anilines is 2. The molecule has 1 saturated carbocycles. The molecule has 6 nitrogen and oxygen atoms in total. The molecule has 0 aromatic heterocycles. The Bertz CT molecular complexity index is 871. The molecule has 2 aromatic rings. The summed E-state index contributed by atoms with van der Waals surface area (Å²) in [5, 5.41) is 6.03. The van der Waals surface area contributed by atoms with Gasteiger partial charge in [-0.1, -0.05) is 39.8 Å². The van der Waals surface area contributed by atoms with Gasteiger partial charge in [0.25, 0.3) is 0 Å². The van der Waals surface area contributed by atoms with Crippen LogP contribution in [0.2, 0.25) is 0 Å². The quantitative estimate of drug-likeness (QED) is 0.441. The van der Waals surface area contributed by atoms with Crippen molar-refractivity contribution >= 4 is 23.2 Å². The lowest BCUT2D eigenvalue weighted by atomic mass is 9.81. The number of amides is 2. The van der Waals surface area contributed by atoms with Crippen LogP contribution < -0.4 is 20.1 Å². The summed E-state index contributed by atoms with van der Waals surface area (Å²) in [6, 6.07) is 15.0. The van der Waals surface area contributed by atoms with Crippen LogP contribution >= 0.6 is 0 Å². The monoisotopic (exact) mass is 466 g/mol. The Labute approximate surface area is 203 Å². The maximum absolute atomic E-state index is 12.8. The summed E-state index contributed by atoms with van der Waals surface area (Å²) in [5.41, 5.74) is 1.48. The van der Waals surface area contributed by atoms with Gasteiger partial charge in [0, 0.05) is 35.3 Å². The molecular formula is C28H38N2O4. The average Bonchev–Trinajstić information content (AvgIpc) is 2.82. The summed E-state index contributed by atoms with van der Waals surface area (Å²) < 4.78 is 11.5. The minimum Gasteiger partial charge on any atom is -0.493 e. The summed E-state index contributed by atoms with van der Waals surface area (Å²) in [7, 11) is 0. The number of benzene rings is 2. The second-order valence-corrected chi connectivity index (χ2v) is 9.99. The maximum Gasteiger partial charge on any atom is 0.227 e. The Morgan fingerprint density at radius 1 is 0.735 bits per heavy atom. The fourth-order valence-corrected chi connectivity index (χ4v) is 3.96. The lowest BCUT2D eigenvalue weighted by molar-refractivity contribution is -0.125. The van der Waals surface area contributed by atoms with Gasteiger partial charge >= 0.3 is 0 Å². The maximum atomic E-state index is 12.8. The predicted molar refractivity (Wildman–Crippen MR) is 136 cm³/mol. The molecule has 0 saturated heterocycles. The third-order valence-electron chi connectivity index (χ3n) is 5.84. The molecule has 0 radical (unpaired) electrons. The average molecular weight is 467 g/mol. The predicted octanol–water partition coefficient (Wildman–Crippen LogP) is 6.14. The van der Waals surface area contributed by atoms with Gasteiger partial charge in [-0.3, -0.25) is 9.59 Å². The van der Waals surface area contributed by atoms with Crippen LogP contribution in [0.5, 0.6) is 11.5 Å². The summed E-state index contributed by atoms with van der Waals surface area (Å²) in [6.07, 6.45) is 2.80. The van der Waals surface area contributed by atoms with E-state index in [1.807, 2.05) is 48.5 Å². The Morgan fingerprint density at radius 3 is 1.47 bits per heavy atom. The molecule has 0 bridgehead atoms. The number of carbonyl (C=O) groups excluding carboxylic acids is 2. The third-order valence-corrected chi connectivity index (χ3v) is 5.84. The topological polar surface area (TPSA) is 76.7 Å². The van der Waals surface area contributed by atoms with E-state index in [0.717, 1.165) is 22.9 Å². The van der Waals surface area contributed by atoms with Gasteiger partial charge in [0.05, 0.1) is 13.2 Å². The molecule has 1 aliphatic carbocycles. The number of nitrogens with one attached hydrogen (secondary N) is 2. The number of hydrogen-bond acceptors (Lipinski definition) is 4. The molecule has 1 fully saturated rings. The molecule has 2 aromatic carbocycles. The Hall–Kier alpha value is -3.02. The normalized spacial score (nSPS) is 17.9. The first-order valence-corrected chi connectivity index (χ1v) is 12.4. The minimum atomic E-state index is -0.0861. The zero-order chi connectivity index (χ0) is 24.5. The molecule has 1 aliphatic rings. The molecular weight excluding hydrogens is 428 g/mol. The number of carbonyl (C=O) groups is 2. The molecule has 2 amide bonds. The second-order valence-electron chi connectivity index (χ2n) is 9.99. The second kappa shape index (κ2) is 12.4. The van der Waals surface area contributed by atoms with Crippen LogP contribution in [-0.2, 0) is 9.59 Å². The van der Waals surface area contributed by atoms with E-state index in [4.69, 9.17) is 9.47 Å². The highest BCUT2D eigenvalue weighted by Crippen LogP contribution is 2.31. The minimum absolute atomic E-state index is 0.00914. The van der Waals surface area contributed by atoms with Crippen molar-refractivity contribution in [1.29, 1.82) is 0 Å². The standard InChI is InChI=1S/C28H38N2O4/c1-19(2)17-33-25-9-5-7-23(15-25)29-27(31)21-11-13-22(14-12-21)28(32)30-24-8-6-10-26(16-24)34-18-20(3)4/h5-10,15-16,19-22H,11-14,17-18H2,1-4H3,(H,29,31)(H,30,32). The van der Waals surface area contributed by atoms with E-state index < -0.39 is 0 Å². The number of hydrogen-bond donors (Lipinski definition) is 2. The molecule has 0 aliphatic heterocycles. The molecule has 3 rings (SSSR count). The zero-order valence-electron chi connectivity index (χ0n) is 20.8. The van der Waals surface area contributed by atoms with Gasteiger partial charge in [0.1, 0.15) is 11.5 Å². The van der Waals surface area contributed by atoms with E-state index in [1.165, 1.54) is 0 Å². The molecule has 0 atom stereocenters. The number of rotatable bonds is 10. The van der Waals surface area contributed by atoms with Crippen molar-refractivity contribution in [3.63, 3.8) is 0 Å². The highest BCUT2D eigenvalue weighted by molar-refractivity contribution is 5.94. The highest BCUT2D eigenvalue weighted by atomic mass is 16.5. The van der Waals surface area contributed by atoms with E-state index >= 15 is 0 Å². The summed E-state index contributed by atoms with van der Waals surface area (Å²) in [6.45, 7) is 9.67. The summed E-state index contributed by atoms with van der Waals surface area (Å²) in [4.78, 5) is 25.6. The Balaban J connectivity index is 1.46. The molecule has 34 heavy (non-hydrogen) atoms. The number of ether oxygens (including phenoxy) is 2. The molecule has 6 heteroatoms. The summed E-state index contributed by atoms with van der Waals surface area (Å²) in [5.74, 6) is 2.23. The first-order chi connectivity index (χ1) is 16.3. The first kappa shape index (κ1) is 25.6. The fourth-order valence-electron chi connectivity index (χ4n) is 3.96. The van der Waals surface area contributed by atoms with Crippen LogP contribution in [0.25, 0.3) is 0 Å². The van der Waals surface area contributed by atoms with Gasteiger partial charge in [-0.15, -0.1) is 0 Å². The lowest BCUT2D eigenvalue weighted by Crippen LogP contribution is -2.32. The van der Waals surface area contributed by atoms with Gasteiger partial charge in [-0.25, -0.2) is 0 Å². The summed E-state index contributed by atoms with van der Waals surface area (Å²) >= 11 is 0. The van der Waals surface area contributed by atoms with Crippen LogP contribution in [-0.4, -0.2) is 25.0 Å². The highest BCUT2D eigenvalue weighted by Gasteiger charge is 2.30. The van der Waals surface area contributed by atoms with Crippen molar-refractivity contribution in [3.05, 3.63) is 48.5 Å². The lowest BCUT2D eigenvalue weighted by Gasteiger charge is -2.27. The van der Waals surface area contributed by atoms with Crippen molar-refractivity contribution in [3.8, 4) is 11.5 Å². The van der Waals surface area contributed by atoms with Gasteiger partial charge in [0.2, 0.25) is 11.8 Å². The molecule has 184 valence electrons. The SMILES string of the molecule is CC(C)COc1cccc(NC(=O)C2CCC(C(=O)Nc3cccc(OCC(C)C)c3)CC2)c1. The molecule has 0 spiro atoms. The van der Waals surface area contributed by atoms with E-state index in [2.05, 4.69) is 38.3 Å². The fraction of sp³-hybridized carbons (Fsp3) is 0.500. The largest absolute Gasteiger partial charge is 0.493 e. The molecule has 0 heterocycles. The van der Waals surface area contributed by atoms with Gasteiger partial charge in [-0.2, -0.15) is 0 Å². The van der Waals surface area contributed by atoms with Crippen molar-refractivity contribution in [2.45, 2.75) is 53.4 Å². The van der Waals surface area contributed by atoms with E-state index in [0.29, 0.717) is 50.7 Å². The van der Waals surface area contributed by atoms with E-state index in [-0.39, 0.29) is 23.7 Å². The Morgan fingerprint density at radius 2 is 1.12 bits per heavy atom. The molecule has 2 N–H and O–H groups in total. The Kier molecular flexibility index (Phi) is 9.37. The smallest absolute Gasteiger partial charge is 0.227 e. The van der Waals surface area contributed by atoms with E-state index in [1.54, 1.807) is 0 Å². The van der Waals surface area contributed by atoms with Gasteiger partial charge in [0.15, 0.2) is 0 Å². The molecule has 0 unspecified atom stereocenters. The van der Waals surface area contributed by atoms with Crippen LogP contribution in [0.3, 0.4) is 0 Å². The van der Waals surface area contributed by atoms with Crippen molar-refractivity contribution < 1.29 is 19.1 Å². The van der Waals surface area contributed by atoms with E-state index in [9.17, 15) is 9.59 Å². The first-order valence-electron chi connectivity index (χ1n) is 12.4. The third kappa shape index (κ3) is 8.08.